The number of nitrogens with one attached hydrogen (secondary N) is 1. The van der Waals surface area contributed by atoms with E-state index in [-0.39, 0.29) is 15.5 Å². The molecule has 0 radical (unpaired) electrons. The van der Waals surface area contributed by atoms with Crippen LogP contribution in [0.5, 0.6) is 0 Å². The number of halogens is 2. The number of hydrogen-bond acceptors (Lipinski definition) is 4. The molecule has 0 aliphatic carbocycles. The molecule has 2 aromatic rings. The molecule has 0 aliphatic heterocycles. The van der Waals surface area contributed by atoms with Crippen LogP contribution in [0.15, 0.2) is 51.1 Å². The van der Waals surface area contributed by atoms with E-state index >= 15 is 0 Å². The lowest BCUT2D eigenvalue weighted by Gasteiger charge is -2.11. The molecule has 2 aromatic carbocycles. The Morgan fingerprint density at radius 2 is 1.76 bits per heavy atom. The zero-order valence-electron chi connectivity index (χ0n) is 10.9. The van der Waals surface area contributed by atoms with Gasteiger partial charge in [0.1, 0.15) is 11.6 Å². The van der Waals surface area contributed by atoms with E-state index in [9.17, 15) is 17.2 Å². The Morgan fingerprint density at radius 3 is 2.38 bits per heavy atom. The quantitative estimate of drug-likeness (QED) is 0.845. The molecule has 0 spiro atoms. The second-order valence-electron chi connectivity index (χ2n) is 4.09. The fourth-order valence-electron chi connectivity index (χ4n) is 1.61. The molecule has 0 heterocycles. The summed E-state index contributed by atoms with van der Waals surface area (Å²) >= 11 is 0.884. The molecule has 0 aromatic heterocycles. The van der Waals surface area contributed by atoms with Crippen LogP contribution in [0.2, 0.25) is 0 Å². The maximum atomic E-state index is 13.7. The second kappa shape index (κ2) is 6.00. The van der Waals surface area contributed by atoms with E-state index in [1.54, 1.807) is 0 Å². The molecule has 0 aliphatic rings. The van der Waals surface area contributed by atoms with Crippen molar-refractivity contribution in [3.05, 3.63) is 48.0 Å². The summed E-state index contributed by atoms with van der Waals surface area (Å²) in [7, 11) is -2.47. The lowest BCUT2D eigenvalue weighted by atomic mass is 10.3. The van der Waals surface area contributed by atoms with Gasteiger partial charge in [0.2, 0.25) is 10.0 Å². The van der Waals surface area contributed by atoms with Gasteiger partial charge < -0.3 is 5.73 Å². The topological polar surface area (TPSA) is 72.2 Å². The molecule has 3 N–H and O–H groups in total. The lowest BCUT2D eigenvalue weighted by molar-refractivity contribution is 0.565. The number of hydrogen-bond donors (Lipinski definition) is 2. The smallest absolute Gasteiger partial charge is 0.241 e. The van der Waals surface area contributed by atoms with Gasteiger partial charge in [0.05, 0.1) is 4.90 Å². The second-order valence-corrected chi connectivity index (χ2v) is 7.03. The van der Waals surface area contributed by atoms with E-state index in [2.05, 4.69) is 4.72 Å². The molecule has 4 nitrogen and oxygen atoms in total. The molecular formula is C13H12F2N2O2S2. The van der Waals surface area contributed by atoms with Crippen LogP contribution in [-0.4, -0.2) is 15.5 Å². The molecule has 2 rings (SSSR count). The summed E-state index contributed by atoms with van der Waals surface area (Å²) in [5, 5.41) is 0. The summed E-state index contributed by atoms with van der Waals surface area (Å²) in [5.41, 5.74) is 5.87. The number of nitrogen functional groups attached to an aromatic ring is 1. The van der Waals surface area contributed by atoms with E-state index < -0.39 is 21.7 Å². The Bertz CT molecular complexity index is 780. The average molecular weight is 330 g/mol. The van der Waals surface area contributed by atoms with Crippen molar-refractivity contribution >= 4 is 27.5 Å². The molecule has 21 heavy (non-hydrogen) atoms. The highest BCUT2D eigenvalue weighted by Crippen LogP contribution is 2.35. The van der Waals surface area contributed by atoms with Crippen molar-refractivity contribution in [3.8, 4) is 0 Å². The van der Waals surface area contributed by atoms with Gasteiger partial charge in [0, 0.05) is 21.5 Å². The predicted molar refractivity (Wildman–Crippen MR) is 77.6 cm³/mol. The number of anilines is 1. The maximum Gasteiger partial charge on any atom is 0.241 e. The minimum absolute atomic E-state index is 0.0567. The number of nitrogens with two attached hydrogens (primary N) is 1. The number of rotatable bonds is 4. The molecule has 0 fully saturated rings. The lowest BCUT2D eigenvalue weighted by Crippen LogP contribution is -2.19. The van der Waals surface area contributed by atoms with Crippen LogP contribution in [0.25, 0.3) is 0 Å². The third kappa shape index (κ3) is 3.52. The van der Waals surface area contributed by atoms with Crippen molar-refractivity contribution in [1.82, 2.24) is 4.72 Å². The summed E-state index contributed by atoms with van der Waals surface area (Å²) in [6, 6.07) is 7.38. The zero-order chi connectivity index (χ0) is 15.6. The SMILES string of the molecule is CNS(=O)(=O)c1cc(N)ccc1Sc1ccc(F)cc1F. The minimum atomic E-state index is -3.74. The van der Waals surface area contributed by atoms with Gasteiger partial charge >= 0.3 is 0 Å². The van der Waals surface area contributed by atoms with Crippen molar-refractivity contribution in [2.45, 2.75) is 14.7 Å². The number of sulfonamides is 1. The standard InChI is InChI=1S/C13H12F2N2O2S2/c1-17-21(18,19)13-7-9(16)3-5-12(13)20-11-4-2-8(14)6-10(11)15/h2-7,17H,16H2,1H3. The summed E-state index contributed by atoms with van der Waals surface area (Å²) in [4.78, 5) is 0.358. The first kappa shape index (κ1) is 15.7. The van der Waals surface area contributed by atoms with Gasteiger partial charge in [-0.25, -0.2) is 21.9 Å². The van der Waals surface area contributed by atoms with E-state index in [1.807, 2.05) is 0 Å². The predicted octanol–water partition coefficient (Wildman–Crippen LogP) is 2.61. The van der Waals surface area contributed by atoms with Gasteiger partial charge in [-0.15, -0.1) is 0 Å². The van der Waals surface area contributed by atoms with Gasteiger partial charge in [-0.05, 0) is 37.4 Å². The van der Waals surface area contributed by atoms with Gasteiger partial charge in [-0.3, -0.25) is 0 Å². The van der Waals surface area contributed by atoms with Gasteiger partial charge in [-0.2, -0.15) is 0 Å². The molecule has 0 atom stereocenters. The summed E-state index contributed by atoms with van der Waals surface area (Å²) in [6.45, 7) is 0. The van der Waals surface area contributed by atoms with Crippen LogP contribution in [0.1, 0.15) is 0 Å². The third-order valence-electron chi connectivity index (χ3n) is 2.64. The number of benzene rings is 2. The maximum absolute atomic E-state index is 13.7. The average Bonchev–Trinajstić information content (AvgIpc) is 2.43. The minimum Gasteiger partial charge on any atom is -0.399 e. The van der Waals surface area contributed by atoms with E-state index in [0.29, 0.717) is 4.90 Å². The molecule has 0 saturated carbocycles. The third-order valence-corrected chi connectivity index (χ3v) is 5.35. The van der Waals surface area contributed by atoms with Gasteiger partial charge in [0.25, 0.3) is 0 Å². The van der Waals surface area contributed by atoms with Crippen LogP contribution >= 0.6 is 11.8 Å². The van der Waals surface area contributed by atoms with Crippen LogP contribution in [0.4, 0.5) is 14.5 Å². The summed E-state index contributed by atoms with van der Waals surface area (Å²) in [6.07, 6.45) is 0. The molecule has 0 bridgehead atoms. The van der Waals surface area contributed by atoms with Crippen molar-refractivity contribution < 1.29 is 17.2 Å². The largest absolute Gasteiger partial charge is 0.399 e. The summed E-state index contributed by atoms with van der Waals surface area (Å²) < 4.78 is 52.7. The zero-order valence-corrected chi connectivity index (χ0v) is 12.6. The van der Waals surface area contributed by atoms with Gasteiger partial charge in [0.15, 0.2) is 0 Å². The molecular weight excluding hydrogens is 318 g/mol. The van der Waals surface area contributed by atoms with E-state index in [4.69, 9.17) is 5.73 Å². The summed E-state index contributed by atoms with van der Waals surface area (Å²) in [5.74, 6) is -1.46. The Kier molecular flexibility index (Phi) is 4.50. The monoisotopic (exact) mass is 330 g/mol. The first-order chi connectivity index (χ1) is 9.83. The van der Waals surface area contributed by atoms with Crippen LogP contribution in [0, 0.1) is 11.6 Å². The Morgan fingerprint density at radius 1 is 1.10 bits per heavy atom. The Balaban J connectivity index is 2.50. The van der Waals surface area contributed by atoms with Crippen molar-refractivity contribution in [2.24, 2.45) is 0 Å². The van der Waals surface area contributed by atoms with Crippen molar-refractivity contribution in [3.63, 3.8) is 0 Å². The van der Waals surface area contributed by atoms with Crippen LogP contribution < -0.4 is 10.5 Å². The van der Waals surface area contributed by atoms with Crippen molar-refractivity contribution in [1.29, 1.82) is 0 Å². The molecule has 0 unspecified atom stereocenters. The molecule has 8 heteroatoms. The van der Waals surface area contributed by atoms with Crippen LogP contribution in [0.3, 0.4) is 0 Å². The fraction of sp³-hybridized carbons (Fsp3) is 0.0769. The fourth-order valence-corrected chi connectivity index (χ4v) is 3.73. The first-order valence-electron chi connectivity index (χ1n) is 5.79. The highest BCUT2D eigenvalue weighted by atomic mass is 32.2. The van der Waals surface area contributed by atoms with Crippen molar-refractivity contribution in [2.75, 3.05) is 12.8 Å². The van der Waals surface area contributed by atoms with Crippen LogP contribution in [-0.2, 0) is 10.0 Å². The normalized spacial score (nSPS) is 11.6. The molecule has 0 saturated heterocycles. The van der Waals surface area contributed by atoms with E-state index in [1.165, 1.54) is 31.3 Å². The Labute approximate surface area is 125 Å². The molecule has 0 amide bonds. The highest BCUT2D eigenvalue weighted by molar-refractivity contribution is 8.00. The van der Waals surface area contributed by atoms with Gasteiger partial charge in [-0.1, -0.05) is 11.8 Å². The van der Waals surface area contributed by atoms with E-state index in [0.717, 1.165) is 23.9 Å². The Hall–Kier alpha value is -1.64. The first-order valence-corrected chi connectivity index (χ1v) is 8.09. The highest BCUT2D eigenvalue weighted by Gasteiger charge is 2.19. The molecule has 112 valence electrons.